The smallest absolute Gasteiger partial charge is 0.242 e. The number of thiophene rings is 1. The predicted molar refractivity (Wildman–Crippen MR) is 161 cm³/mol. The molecule has 0 radical (unpaired) electrons. The Labute approximate surface area is 244 Å². The van der Waals surface area contributed by atoms with Gasteiger partial charge in [0, 0.05) is 30.9 Å². The summed E-state index contributed by atoms with van der Waals surface area (Å²) in [5, 5.41) is 2.08. The SMILES string of the molecule is COc1ccc(CCN(Cc2sccc2C)C(=O)CN(CCN2CCCC2)C(=O)CCC2CCCC2)cc1OC. The molecule has 1 aromatic carbocycles. The zero-order valence-electron chi connectivity index (χ0n) is 24.7. The summed E-state index contributed by atoms with van der Waals surface area (Å²) < 4.78 is 10.9. The van der Waals surface area contributed by atoms with Gasteiger partial charge in [0.25, 0.3) is 0 Å². The van der Waals surface area contributed by atoms with Gasteiger partial charge in [0.2, 0.25) is 11.8 Å². The highest BCUT2D eigenvalue weighted by Gasteiger charge is 2.25. The van der Waals surface area contributed by atoms with Crippen molar-refractivity contribution in [3.05, 3.63) is 45.6 Å². The first-order valence-corrected chi connectivity index (χ1v) is 15.9. The molecule has 220 valence electrons. The first-order chi connectivity index (χ1) is 19.5. The van der Waals surface area contributed by atoms with Gasteiger partial charge < -0.3 is 24.2 Å². The molecule has 2 aromatic rings. The van der Waals surface area contributed by atoms with Crippen molar-refractivity contribution in [2.75, 3.05) is 53.5 Å². The number of nitrogens with zero attached hydrogens (tertiary/aromatic N) is 3. The van der Waals surface area contributed by atoms with Crippen molar-refractivity contribution in [3.8, 4) is 11.5 Å². The fourth-order valence-electron chi connectivity index (χ4n) is 5.94. The van der Waals surface area contributed by atoms with Crippen LogP contribution in [0.5, 0.6) is 11.5 Å². The Kier molecular flexibility index (Phi) is 11.7. The molecule has 2 amide bonds. The van der Waals surface area contributed by atoms with E-state index >= 15 is 0 Å². The average Bonchev–Trinajstić information content (AvgIpc) is 3.76. The minimum absolute atomic E-state index is 0.0175. The lowest BCUT2D eigenvalue weighted by Gasteiger charge is -2.29. The van der Waals surface area contributed by atoms with Gasteiger partial charge in [-0.3, -0.25) is 9.59 Å². The Bertz CT molecular complexity index is 1090. The molecule has 4 rings (SSSR count). The number of hydrogen-bond donors (Lipinski definition) is 0. The Morgan fingerprint density at radius 2 is 1.70 bits per heavy atom. The molecule has 7 nitrogen and oxygen atoms in total. The number of carbonyl (C=O) groups is 2. The van der Waals surface area contributed by atoms with Crippen molar-refractivity contribution in [2.24, 2.45) is 5.92 Å². The Morgan fingerprint density at radius 1 is 0.950 bits per heavy atom. The minimum Gasteiger partial charge on any atom is -0.493 e. The molecule has 1 aromatic heterocycles. The summed E-state index contributed by atoms with van der Waals surface area (Å²) in [5.41, 5.74) is 2.28. The maximum atomic E-state index is 13.9. The normalized spacial score (nSPS) is 15.9. The van der Waals surface area contributed by atoms with Crippen molar-refractivity contribution in [2.45, 2.75) is 71.3 Å². The van der Waals surface area contributed by atoms with Gasteiger partial charge in [-0.2, -0.15) is 0 Å². The van der Waals surface area contributed by atoms with Gasteiger partial charge in [-0.05, 0) is 86.3 Å². The van der Waals surface area contributed by atoms with Crippen molar-refractivity contribution >= 4 is 23.2 Å². The van der Waals surface area contributed by atoms with E-state index in [1.165, 1.54) is 49.0 Å². The van der Waals surface area contributed by atoms with Crippen LogP contribution >= 0.6 is 11.3 Å². The van der Waals surface area contributed by atoms with Crippen LogP contribution in [0, 0.1) is 12.8 Å². The van der Waals surface area contributed by atoms with E-state index in [-0.39, 0.29) is 18.4 Å². The standard InChI is InChI=1S/C32H47N3O4S/c1-25-15-21-40-30(25)23-34(18-14-27-10-12-28(38-2)29(22-27)39-3)32(37)24-35(20-19-33-16-6-7-17-33)31(36)13-11-26-8-4-5-9-26/h10,12,15,21-22,26H,4-9,11,13-14,16-20,23-24H2,1-3H3. The lowest BCUT2D eigenvalue weighted by molar-refractivity contribution is -0.141. The zero-order chi connectivity index (χ0) is 28.3. The van der Waals surface area contributed by atoms with Crippen LogP contribution in [0.2, 0.25) is 0 Å². The Balaban J connectivity index is 1.44. The highest BCUT2D eigenvalue weighted by atomic mass is 32.1. The molecule has 2 fully saturated rings. The van der Waals surface area contributed by atoms with E-state index in [0.29, 0.717) is 49.9 Å². The third kappa shape index (κ3) is 8.71. The first kappa shape index (κ1) is 30.4. The zero-order valence-corrected chi connectivity index (χ0v) is 25.5. The topological polar surface area (TPSA) is 62.3 Å². The van der Waals surface area contributed by atoms with Gasteiger partial charge in [-0.15, -0.1) is 11.3 Å². The molecule has 2 heterocycles. The highest BCUT2D eigenvalue weighted by Crippen LogP contribution is 2.29. The molecule has 0 atom stereocenters. The number of benzene rings is 1. The summed E-state index contributed by atoms with van der Waals surface area (Å²) >= 11 is 1.68. The summed E-state index contributed by atoms with van der Waals surface area (Å²) in [6.45, 7) is 7.02. The van der Waals surface area contributed by atoms with E-state index in [9.17, 15) is 9.59 Å². The maximum Gasteiger partial charge on any atom is 0.242 e. The van der Waals surface area contributed by atoms with E-state index in [1.54, 1.807) is 25.6 Å². The molecule has 40 heavy (non-hydrogen) atoms. The van der Waals surface area contributed by atoms with E-state index < -0.39 is 0 Å². The second kappa shape index (κ2) is 15.4. The first-order valence-electron chi connectivity index (χ1n) is 15.0. The minimum atomic E-state index is 0.0175. The van der Waals surface area contributed by atoms with E-state index in [0.717, 1.165) is 31.6 Å². The third-order valence-corrected chi connectivity index (χ3v) is 9.59. The Hall–Kier alpha value is -2.58. The summed E-state index contributed by atoms with van der Waals surface area (Å²) in [4.78, 5) is 34.7. The number of ether oxygens (including phenoxy) is 2. The Morgan fingerprint density at radius 3 is 2.38 bits per heavy atom. The highest BCUT2D eigenvalue weighted by molar-refractivity contribution is 7.10. The summed E-state index contributed by atoms with van der Waals surface area (Å²) in [6.07, 6.45) is 9.68. The number of amides is 2. The number of aryl methyl sites for hydroxylation is 1. The van der Waals surface area contributed by atoms with Crippen LogP contribution < -0.4 is 9.47 Å². The van der Waals surface area contributed by atoms with E-state index in [4.69, 9.17) is 9.47 Å². The van der Waals surface area contributed by atoms with E-state index in [1.807, 2.05) is 28.0 Å². The van der Waals surface area contributed by atoms with Gasteiger partial charge in [0.1, 0.15) is 0 Å². The molecular formula is C32H47N3O4S. The number of rotatable bonds is 15. The predicted octanol–water partition coefficient (Wildman–Crippen LogP) is 5.54. The molecule has 0 spiro atoms. The number of carbonyl (C=O) groups excluding carboxylic acids is 2. The number of hydrogen-bond acceptors (Lipinski definition) is 6. The van der Waals surface area contributed by atoms with Gasteiger partial charge in [-0.25, -0.2) is 0 Å². The molecule has 2 aliphatic rings. The summed E-state index contributed by atoms with van der Waals surface area (Å²) in [5.74, 6) is 2.20. The van der Waals surface area contributed by atoms with Crippen LogP contribution in [0.3, 0.4) is 0 Å². The molecule has 0 N–H and O–H groups in total. The van der Waals surface area contributed by atoms with Crippen molar-refractivity contribution in [1.82, 2.24) is 14.7 Å². The molecule has 1 aliphatic heterocycles. The molecular weight excluding hydrogens is 522 g/mol. The molecule has 8 heteroatoms. The second-order valence-corrected chi connectivity index (χ2v) is 12.3. The number of methoxy groups -OCH3 is 2. The molecule has 1 saturated heterocycles. The van der Waals surface area contributed by atoms with Crippen LogP contribution in [-0.4, -0.2) is 80.0 Å². The van der Waals surface area contributed by atoms with Crippen LogP contribution in [0.25, 0.3) is 0 Å². The van der Waals surface area contributed by atoms with Crippen LogP contribution in [0.4, 0.5) is 0 Å². The summed E-state index contributed by atoms with van der Waals surface area (Å²) in [7, 11) is 3.27. The second-order valence-electron chi connectivity index (χ2n) is 11.3. The van der Waals surface area contributed by atoms with Gasteiger partial charge >= 0.3 is 0 Å². The van der Waals surface area contributed by atoms with Crippen LogP contribution in [-0.2, 0) is 22.6 Å². The molecule has 0 bridgehead atoms. The van der Waals surface area contributed by atoms with Gasteiger partial charge in [-0.1, -0.05) is 31.7 Å². The van der Waals surface area contributed by atoms with Crippen molar-refractivity contribution in [1.29, 1.82) is 0 Å². The molecule has 1 aliphatic carbocycles. The van der Waals surface area contributed by atoms with Gasteiger partial charge in [0.15, 0.2) is 11.5 Å². The lowest BCUT2D eigenvalue weighted by Crippen LogP contribution is -2.45. The monoisotopic (exact) mass is 569 g/mol. The average molecular weight is 570 g/mol. The molecule has 0 unspecified atom stereocenters. The summed E-state index contributed by atoms with van der Waals surface area (Å²) in [6, 6.07) is 8.01. The van der Waals surface area contributed by atoms with Crippen LogP contribution in [0.15, 0.2) is 29.6 Å². The number of likely N-dealkylation sites (tertiary alicyclic amines) is 1. The van der Waals surface area contributed by atoms with Crippen molar-refractivity contribution < 1.29 is 19.1 Å². The van der Waals surface area contributed by atoms with Gasteiger partial charge in [0.05, 0.1) is 27.3 Å². The lowest BCUT2D eigenvalue weighted by atomic mass is 10.0. The fourth-order valence-corrected chi connectivity index (χ4v) is 6.86. The quantitative estimate of drug-likeness (QED) is 0.282. The van der Waals surface area contributed by atoms with Crippen molar-refractivity contribution in [3.63, 3.8) is 0 Å². The molecule has 1 saturated carbocycles. The van der Waals surface area contributed by atoms with Crippen LogP contribution in [0.1, 0.15) is 67.4 Å². The third-order valence-electron chi connectivity index (χ3n) is 8.58. The largest absolute Gasteiger partial charge is 0.493 e. The fraction of sp³-hybridized carbons (Fsp3) is 0.625. The maximum absolute atomic E-state index is 13.9. The van der Waals surface area contributed by atoms with E-state index in [2.05, 4.69) is 23.3 Å².